The molecular formula is C20H24ClN3O5S2. The molecule has 1 atom stereocenters. The van der Waals surface area contributed by atoms with E-state index in [2.05, 4.69) is 0 Å². The van der Waals surface area contributed by atoms with Gasteiger partial charge in [0.25, 0.3) is 5.91 Å². The number of halogens is 1. The molecule has 0 aromatic heterocycles. The number of sulfonamides is 2. The molecule has 2 N–H and O–H groups in total. The second-order valence-corrected chi connectivity index (χ2v) is 11.4. The third kappa shape index (κ3) is 4.93. The van der Waals surface area contributed by atoms with Gasteiger partial charge in [-0.05, 0) is 55.7 Å². The average molecular weight is 486 g/mol. The number of carbonyl (C=O) groups excluding carboxylic acids is 1. The van der Waals surface area contributed by atoms with E-state index in [4.69, 9.17) is 16.7 Å². The Morgan fingerprint density at radius 1 is 1.03 bits per heavy atom. The molecule has 0 radical (unpaired) electrons. The first-order valence-corrected chi connectivity index (χ1v) is 13.0. The lowest BCUT2D eigenvalue weighted by Crippen LogP contribution is -2.31. The second-order valence-electron chi connectivity index (χ2n) is 7.46. The van der Waals surface area contributed by atoms with Gasteiger partial charge in [-0.2, -0.15) is 4.31 Å². The summed E-state index contributed by atoms with van der Waals surface area (Å²) < 4.78 is 50.0. The minimum absolute atomic E-state index is 0.0275. The van der Waals surface area contributed by atoms with Crippen LogP contribution in [0.2, 0.25) is 5.02 Å². The number of nitrogens with zero attached hydrogens (tertiary/aromatic N) is 2. The van der Waals surface area contributed by atoms with Crippen molar-refractivity contribution in [1.29, 1.82) is 0 Å². The van der Waals surface area contributed by atoms with E-state index >= 15 is 0 Å². The molecule has 1 heterocycles. The summed E-state index contributed by atoms with van der Waals surface area (Å²) in [6, 6.07) is 9.58. The van der Waals surface area contributed by atoms with Crippen LogP contribution in [0.4, 0.5) is 0 Å². The van der Waals surface area contributed by atoms with E-state index in [-0.39, 0.29) is 20.4 Å². The van der Waals surface area contributed by atoms with Crippen LogP contribution in [-0.4, -0.2) is 52.1 Å². The highest BCUT2D eigenvalue weighted by Crippen LogP contribution is 2.28. The fourth-order valence-corrected chi connectivity index (χ4v) is 5.69. The molecule has 0 bridgehead atoms. The summed E-state index contributed by atoms with van der Waals surface area (Å²) in [7, 11) is -5.94. The highest BCUT2D eigenvalue weighted by molar-refractivity contribution is 7.89. The van der Waals surface area contributed by atoms with Crippen LogP contribution in [0.3, 0.4) is 0 Å². The molecule has 0 spiro atoms. The van der Waals surface area contributed by atoms with E-state index in [1.807, 2.05) is 0 Å². The zero-order chi connectivity index (χ0) is 23.0. The molecule has 3 rings (SSSR count). The summed E-state index contributed by atoms with van der Waals surface area (Å²) in [5.41, 5.74) is 0.762. The standard InChI is InChI=1S/C20H24ClN3O5S2/c1-14(15-5-7-16(8-6-15)30(22,26)27)23(2)20(25)18-13-17(9-10-19(18)21)31(28,29)24-11-3-4-12-24/h5-10,13-14H,3-4,11-12H2,1-2H3,(H2,22,26,27)/t14-/m1/s1. The molecule has 0 aliphatic carbocycles. The summed E-state index contributed by atoms with van der Waals surface area (Å²) in [5.74, 6) is -0.452. The number of hydrogen-bond donors (Lipinski definition) is 1. The molecule has 0 saturated carbocycles. The van der Waals surface area contributed by atoms with Crippen molar-refractivity contribution >= 4 is 37.6 Å². The predicted octanol–water partition coefficient (Wildman–Crippen LogP) is 2.61. The number of rotatable bonds is 6. The van der Waals surface area contributed by atoms with Crippen molar-refractivity contribution in [2.45, 2.75) is 35.6 Å². The molecule has 31 heavy (non-hydrogen) atoms. The maximum Gasteiger partial charge on any atom is 0.255 e. The maximum absolute atomic E-state index is 13.1. The van der Waals surface area contributed by atoms with Gasteiger partial charge in [0.05, 0.1) is 26.4 Å². The highest BCUT2D eigenvalue weighted by Gasteiger charge is 2.29. The first kappa shape index (κ1) is 23.7. The molecule has 168 valence electrons. The van der Waals surface area contributed by atoms with Gasteiger partial charge in [-0.25, -0.2) is 22.0 Å². The van der Waals surface area contributed by atoms with E-state index in [1.165, 1.54) is 39.5 Å². The van der Waals surface area contributed by atoms with Crippen molar-refractivity contribution in [2.75, 3.05) is 20.1 Å². The van der Waals surface area contributed by atoms with Crippen molar-refractivity contribution in [3.05, 3.63) is 58.6 Å². The topological polar surface area (TPSA) is 118 Å². The maximum atomic E-state index is 13.1. The average Bonchev–Trinajstić information content (AvgIpc) is 3.27. The molecule has 2 aromatic rings. The van der Waals surface area contributed by atoms with Crippen molar-refractivity contribution in [3.63, 3.8) is 0 Å². The predicted molar refractivity (Wildman–Crippen MR) is 118 cm³/mol. The van der Waals surface area contributed by atoms with E-state index in [0.717, 1.165) is 12.8 Å². The SMILES string of the molecule is C[C@H](c1ccc(S(N)(=O)=O)cc1)N(C)C(=O)c1cc(S(=O)(=O)N2CCCC2)ccc1Cl. The van der Waals surface area contributed by atoms with Gasteiger partial charge in [0.15, 0.2) is 0 Å². The number of primary sulfonamides is 1. The van der Waals surface area contributed by atoms with Crippen LogP contribution in [-0.2, 0) is 20.0 Å². The number of benzene rings is 2. The van der Waals surface area contributed by atoms with Gasteiger partial charge >= 0.3 is 0 Å². The molecule has 1 saturated heterocycles. The van der Waals surface area contributed by atoms with Crippen molar-refractivity contribution < 1.29 is 21.6 Å². The molecule has 2 aromatic carbocycles. The first-order valence-electron chi connectivity index (χ1n) is 9.62. The summed E-state index contributed by atoms with van der Waals surface area (Å²) in [5, 5.41) is 5.27. The number of hydrogen-bond acceptors (Lipinski definition) is 5. The van der Waals surface area contributed by atoms with E-state index in [1.54, 1.807) is 26.1 Å². The third-order valence-electron chi connectivity index (χ3n) is 5.46. The number of amides is 1. The Balaban J connectivity index is 1.88. The number of carbonyl (C=O) groups is 1. The van der Waals surface area contributed by atoms with Crippen LogP contribution in [0.5, 0.6) is 0 Å². The lowest BCUT2D eigenvalue weighted by Gasteiger charge is -2.26. The fraction of sp³-hybridized carbons (Fsp3) is 0.350. The van der Waals surface area contributed by atoms with Crippen LogP contribution >= 0.6 is 11.6 Å². The highest BCUT2D eigenvalue weighted by atomic mass is 35.5. The van der Waals surface area contributed by atoms with Crippen LogP contribution in [0, 0.1) is 0 Å². The Bertz CT molecular complexity index is 1190. The molecule has 11 heteroatoms. The Kier molecular flexibility index (Phi) is 6.78. The molecule has 1 amide bonds. The smallest absolute Gasteiger partial charge is 0.255 e. The molecule has 1 fully saturated rings. The lowest BCUT2D eigenvalue weighted by atomic mass is 10.1. The second kappa shape index (κ2) is 8.87. The van der Waals surface area contributed by atoms with Gasteiger partial charge < -0.3 is 4.90 Å². The summed E-state index contributed by atoms with van der Waals surface area (Å²) in [6.45, 7) is 2.68. The monoisotopic (exact) mass is 485 g/mol. The summed E-state index contributed by atoms with van der Waals surface area (Å²) in [4.78, 5) is 14.5. The Hall–Kier alpha value is -1.98. The fourth-order valence-electron chi connectivity index (χ4n) is 3.43. The first-order chi connectivity index (χ1) is 14.4. The minimum Gasteiger partial charge on any atom is -0.335 e. The lowest BCUT2D eigenvalue weighted by molar-refractivity contribution is 0.0742. The zero-order valence-electron chi connectivity index (χ0n) is 17.2. The minimum atomic E-state index is -3.82. The molecule has 0 unspecified atom stereocenters. The summed E-state index contributed by atoms with van der Waals surface area (Å²) in [6.07, 6.45) is 1.62. The van der Waals surface area contributed by atoms with Gasteiger partial charge in [-0.3, -0.25) is 4.79 Å². The van der Waals surface area contributed by atoms with Gasteiger partial charge in [0.2, 0.25) is 20.0 Å². The molecular weight excluding hydrogens is 462 g/mol. The quantitative estimate of drug-likeness (QED) is 0.674. The van der Waals surface area contributed by atoms with Crippen molar-refractivity contribution in [2.24, 2.45) is 5.14 Å². The van der Waals surface area contributed by atoms with E-state index in [0.29, 0.717) is 18.7 Å². The van der Waals surface area contributed by atoms with Crippen LogP contribution in [0.15, 0.2) is 52.3 Å². The Labute approximate surface area is 187 Å². The normalized spacial score (nSPS) is 16.3. The third-order valence-corrected chi connectivity index (χ3v) is 8.62. The van der Waals surface area contributed by atoms with Gasteiger partial charge in [-0.15, -0.1) is 0 Å². The van der Waals surface area contributed by atoms with Crippen LogP contribution in [0.25, 0.3) is 0 Å². The van der Waals surface area contributed by atoms with Gasteiger partial charge in [0, 0.05) is 20.1 Å². The van der Waals surface area contributed by atoms with Crippen LogP contribution in [0.1, 0.15) is 41.7 Å². The Morgan fingerprint density at radius 2 is 1.58 bits per heavy atom. The van der Waals surface area contributed by atoms with Gasteiger partial charge in [0.1, 0.15) is 0 Å². The van der Waals surface area contributed by atoms with Crippen LogP contribution < -0.4 is 5.14 Å². The molecule has 1 aliphatic heterocycles. The van der Waals surface area contributed by atoms with Gasteiger partial charge in [-0.1, -0.05) is 23.7 Å². The largest absolute Gasteiger partial charge is 0.335 e. The van der Waals surface area contributed by atoms with Crippen molar-refractivity contribution in [1.82, 2.24) is 9.21 Å². The summed E-state index contributed by atoms with van der Waals surface area (Å²) >= 11 is 6.23. The van der Waals surface area contributed by atoms with E-state index < -0.39 is 32.0 Å². The van der Waals surface area contributed by atoms with E-state index in [9.17, 15) is 21.6 Å². The molecule has 8 nitrogen and oxygen atoms in total. The molecule has 1 aliphatic rings. The zero-order valence-corrected chi connectivity index (χ0v) is 19.5. The Morgan fingerprint density at radius 3 is 2.13 bits per heavy atom. The number of nitrogens with two attached hydrogens (primary N) is 1. The van der Waals surface area contributed by atoms with Crippen molar-refractivity contribution in [3.8, 4) is 0 Å².